The average molecular weight is 369 g/mol. The summed E-state index contributed by atoms with van der Waals surface area (Å²) in [5.74, 6) is 1.25. The Morgan fingerprint density at radius 1 is 1.22 bits per heavy atom. The zero-order chi connectivity index (χ0) is 19.1. The lowest BCUT2D eigenvalue weighted by Gasteiger charge is -2.54. The molecule has 27 heavy (non-hydrogen) atoms. The van der Waals surface area contributed by atoms with Crippen LogP contribution in [-0.2, 0) is 16.7 Å². The van der Waals surface area contributed by atoms with Crippen molar-refractivity contribution in [1.82, 2.24) is 5.32 Å². The summed E-state index contributed by atoms with van der Waals surface area (Å²) in [7, 11) is 0. The SMILES string of the molecule is CC(C)c1ccc2c(c1)CCC1[C@@](C)(C=NO[C@@H]3CCNC3)CCC[C@]21C. The van der Waals surface area contributed by atoms with Crippen LogP contribution in [0.4, 0.5) is 0 Å². The first kappa shape index (κ1) is 19.0. The van der Waals surface area contributed by atoms with Gasteiger partial charge in [-0.25, -0.2) is 0 Å². The maximum absolute atomic E-state index is 5.80. The fourth-order valence-corrected chi connectivity index (χ4v) is 6.03. The molecule has 0 amide bonds. The van der Waals surface area contributed by atoms with Crippen molar-refractivity contribution in [2.75, 3.05) is 13.1 Å². The molecule has 1 aromatic carbocycles. The summed E-state index contributed by atoms with van der Waals surface area (Å²) >= 11 is 0. The Morgan fingerprint density at radius 3 is 2.81 bits per heavy atom. The molecule has 0 bridgehead atoms. The molecule has 1 aromatic rings. The second kappa shape index (κ2) is 7.24. The van der Waals surface area contributed by atoms with Gasteiger partial charge in [-0.2, -0.15) is 0 Å². The number of benzene rings is 1. The summed E-state index contributed by atoms with van der Waals surface area (Å²) in [6.45, 7) is 11.5. The van der Waals surface area contributed by atoms with Crippen molar-refractivity contribution in [3.05, 3.63) is 34.9 Å². The number of rotatable bonds is 4. The van der Waals surface area contributed by atoms with Crippen LogP contribution < -0.4 is 5.32 Å². The van der Waals surface area contributed by atoms with Gasteiger partial charge in [0.1, 0.15) is 6.10 Å². The van der Waals surface area contributed by atoms with E-state index in [0.29, 0.717) is 11.8 Å². The number of oxime groups is 1. The second-order valence-electron chi connectivity index (χ2n) is 9.89. The van der Waals surface area contributed by atoms with Crippen LogP contribution in [0.15, 0.2) is 23.4 Å². The Balaban J connectivity index is 1.59. The van der Waals surface area contributed by atoms with Gasteiger partial charge in [0.05, 0.1) is 0 Å². The van der Waals surface area contributed by atoms with E-state index in [1.165, 1.54) is 37.7 Å². The number of aryl methyl sites for hydroxylation is 1. The Hall–Kier alpha value is -1.35. The molecule has 0 spiro atoms. The molecule has 0 aromatic heterocycles. The Labute approximate surface area is 164 Å². The molecule has 3 aliphatic rings. The second-order valence-corrected chi connectivity index (χ2v) is 9.89. The minimum absolute atomic E-state index is 0.132. The van der Waals surface area contributed by atoms with Crippen molar-refractivity contribution in [1.29, 1.82) is 0 Å². The van der Waals surface area contributed by atoms with E-state index in [9.17, 15) is 0 Å². The van der Waals surface area contributed by atoms with E-state index in [1.54, 1.807) is 11.1 Å². The predicted octanol–water partition coefficient (Wildman–Crippen LogP) is 5.18. The zero-order valence-electron chi connectivity index (χ0n) is 17.6. The normalized spacial score (nSPS) is 36.0. The van der Waals surface area contributed by atoms with Crippen molar-refractivity contribution in [2.24, 2.45) is 16.5 Å². The topological polar surface area (TPSA) is 33.6 Å². The van der Waals surface area contributed by atoms with Gasteiger partial charge in [-0.3, -0.25) is 0 Å². The summed E-state index contributed by atoms with van der Waals surface area (Å²) in [4.78, 5) is 5.80. The smallest absolute Gasteiger partial charge is 0.141 e. The van der Waals surface area contributed by atoms with Crippen molar-refractivity contribution in [3.8, 4) is 0 Å². The molecule has 4 atom stereocenters. The highest BCUT2D eigenvalue weighted by atomic mass is 16.6. The maximum Gasteiger partial charge on any atom is 0.141 e. The van der Waals surface area contributed by atoms with Gasteiger partial charge < -0.3 is 10.2 Å². The molecule has 1 saturated carbocycles. The summed E-state index contributed by atoms with van der Waals surface area (Å²) in [6, 6.07) is 7.30. The third-order valence-electron chi connectivity index (χ3n) is 7.66. The zero-order valence-corrected chi connectivity index (χ0v) is 17.6. The highest BCUT2D eigenvalue weighted by Crippen LogP contribution is 2.56. The lowest BCUT2D eigenvalue weighted by atomic mass is 9.50. The van der Waals surface area contributed by atoms with Crippen LogP contribution in [0.3, 0.4) is 0 Å². The van der Waals surface area contributed by atoms with E-state index >= 15 is 0 Å². The van der Waals surface area contributed by atoms with Gasteiger partial charge in [0, 0.05) is 24.6 Å². The Morgan fingerprint density at radius 2 is 2.07 bits per heavy atom. The van der Waals surface area contributed by atoms with Crippen molar-refractivity contribution >= 4 is 6.21 Å². The van der Waals surface area contributed by atoms with Crippen LogP contribution in [0.25, 0.3) is 0 Å². The molecular weight excluding hydrogens is 332 g/mol. The highest BCUT2D eigenvalue weighted by Gasteiger charge is 2.51. The van der Waals surface area contributed by atoms with Crippen LogP contribution in [0.5, 0.6) is 0 Å². The molecule has 2 aliphatic carbocycles. The van der Waals surface area contributed by atoms with E-state index < -0.39 is 0 Å². The number of fused-ring (bicyclic) bond motifs is 3. The quantitative estimate of drug-likeness (QED) is 0.586. The summed E-state index contributed by atoms with van der Waals surface area (Å²) in [5.41, 5.74) is 5.07. The Bertz CT molecular complexity index is 706. The van der Waals surface area contributed by atoms with Gasteiger partial charge in [0.15, 0.2) is 0 Å². The molecule has 0 radical (unpaired) electrons. The molecule has 1 heterocycles. The largest absolute Gasteiger partial charge is 0.391 e. The van der Waals surface area contributed by atoms with Gasteiger partial charge >= 0.3 is 0 Å². The van der Waals surface area contributed by atoms with E-state index in [4.69, 9.17) is 4.84 Å². The summed E-state index contributed by atoms with van der Waals surface area (Å²) < 4.78 is 0. The fourth-order valence-electron chi connectivity index (χ4n) is 6.03. The molecule has 1 N–H and O–H groups in total. The number of nitrogens with zero attached hydrogens (tertiary/aromatic N) is 1. The number of hydrogen-bond acceptors (Lipinski definition) is 3. The van der Waals surface area contributed by atoms with E-state index in [-0.39, 0.29) is 16.9 Å². The highest BCUT2D eigenvalue weighted by molar-refractivity contribution is 5.66. The molecule has 4 rings (SSSR count). The minimum Gasteiger partial charge on any atom is -0.391 e. The summed E-state index contributed by atoms with van der Waals surface area (Å²) in [5, 5.41) is 7.85. The number of nitrogens with one attached hydrogen (secondary N) is 1. The van der Waals surface area contributed by atoms with E-state index in [2.05, 4.69) is 62.6 Å². The van der Waals surface area contributed by atoms with Crippen LogP contribution in [-0.4, -0.2) is 25.4 Å². The lowest BCUT2D eigenvalue weighted by molar-refractivity contribution is 0.0566. The van der Waals surface area contributed by atoms with E-state index in [1.807, 2.05) is 0 Å². The first-order chi connectivity index (χ1) is 12.9. The molecule has 1 saturated heterocycles. The third kappa shape index (κ3) is 3.44. The van der Waals surface area contributed by atoms with Crippen LogP contribution in [0.2, 0.25) is 0 Å². The van der Waals surface area contributed by atoms with Crippen molar-refractivity contribution in [2.45, 2.75) is 83.7 Å². The first-order valence-corrected chi connectivity index (χ1v) is 11.0. The van der Waals surface area contributed by atoms with Gasteiger partial charge in [-0.05, 0) is 66.2 Å². The minimum atomic E-state index is 0.132. The molecule has 3 nitrogen and oxygen atoms in total. The molecule has 1 aliphatic heterocycles. The molecule has 2 fully saturated rings. The third-order valence-corrected chi connectivity index (χ3v) is 7.66. The summed E-state index contributed by atoms with van der Waals surface area (Å²) in [6.07, 6.45) is 9.74. The van der Waals surface area contributed by atoms with E-state index in [0.717, 1.165) is 19.5 Å². The fraction of sp³-hybridized carbons (Fsp3) is 0.708. The Kier molecular flexibility index (Phi) is 5.09. The van der Waals surface area contributed by atoms with Gasteiger partial charge in [0.2, 0.25) is 0 Å². The van der Waals surface area contributed by atoms with Crippen LogP contribution >= 0.6 is 0 Å². The monoisotopic (exact) mass is 368 g/mol. The average Bonchev–Trinajstić information content (AvgIpc) is 3.14. The number of hydrogen-bond donors (Lipinski definition) is 1. The van der Waals surface area contributed by atoms with Crippen LogP contribution in [0.1, 0.15) is 82.4 Å². The molecular formula is C24H36N2O. The van der Waals surface area contributed by atoms with Crippen molar-refractivity contribution in [3.63, 3.8) is 0 Å². The predicted molar refractivity (Wildman–Crippen MR) is 113 cm³/mol. The van der Waals surface area contributed by atoms with Crippen LogP contribution in [0, 0.1) is 11.3 Å². The molecule has 3 heteroatoms. The van der Waals surface area contributed by atoms with Gasteiger partial charge in [-0.1, -0.05) is 57.5 Å². The van der Waals surface area contributed by atoms with Gasteiger partial charge in [0.25, 0.3) is 0 Å². The molecule has 148 valence electrons. The van der Waals surface area contributed by atoms with Crippen molar-refractivity contribution < 1.29 is 4.84 Å². The maximum atomic E-state index is 5.80. The standard InChI is InChI=1S/C24H36N2O/c1-17(2)18-6-8-21-19(14-18)7-9-22-23(3,11-5-12-24(21,22)4)16-26-27-20-10-13-25-15-20/h6,8,14,16-17,20,22,25H,5,7,9-13,15H2,1-4H3/t20-,22?,23-,24-/m1/s1. The first-order valence-electron chi connectivity index (χ1n) is 11.0. The lowest BCUT2D eigenvalue weighted by Crippen LogP contribution is -2.49. The van der Waals surface area contributed by atoms with Gasteiger partial charge in [-0.15, -0.1) is 0 Å². The molecule has 1 unspecified atom stereocenters.